The number of aromatic nitrogens is 2. The Balaban J connectivity index is 2.01. The molecule has 1 heterocycles. The Morgan fingerprint density at radius 3 is 2.74 bits per heavy atom. The molecule has 0 bridgehead atoms. The van der Waals surface area contributed by atoms with Gasteiger partial charge >= 0.3 is 0 Å². The van der Waals surface area contributed by atoms with Crippen molar-refractivity contribution in [2.45, 2.75) is 17.3 Å². The molecule has 4 nitrogen and oxygen atoms in total. The van der Waals surface area contributed by atoms with Crippen LogP contribution >= 0.6 is 23.1 Å². The van der Waals surface area contributed by atoms with Gasteiger partial charge in [-0.05, 0) is 24.2 Å². The molecule has 0 aliphatic carbocycles. The van der Waals surface area contributed by atoms with Crippen molar-refractivity contribution in [2.75, 3.05) is 19.4 Å². The summed E-state index contributed by atoms with van der Waals surface area (Å²) in [5, 5.41) is 11.4. The van der Waals surface area contributed by atoms with E-state index in [1.54, 1.807) is 35.7 Å². The van der Waals surface area contributed by atoms with Crippen molar-refractivity contribution in [3.8, 4) is 5.75 Å². The van der Waals surface area contributed by atoms with E-state index in [1.165, 1.54) is 5.56 Å². The lowest BCUT2D eigenvalue weighted by atomic mass is 10.1. The van der Waals surface area contributed by atoms with Crippen molar-refractivity contribution in [3.63, 3.8) is 0 Å². The van der Waals surface area contributed by atoms with Crippen LogP contribution in [-0.4, -0.2) is 29.6 Å². The fraction of sp³-hybridized carbons (Fsp3) is 0.385. The molecule has 0 saturated heterocycles. The summed E-state index contributed by atoms with van der Waals surface area (Å²) in [7, 11) is 1.68. The van der Waals surface area contributed by atoms with E-state index in [0.29, 0.717) is 6.04 Å². The molecule has 0 aliphatic heterocycles. The summed E-state index contributed by atoms with van der Waals surface area (Å²) < 4.78 is 6.20. The Morgan fingerprint density at radius 2 is 2.16 bits per heavy atom. The first-order valence-electron chi connectivity index (χ1n) is 6.09. The Bertz CT molecular complexity index is 473. The second-order valence-corrected chi connectivity index (χ2v) is 6.00. The van der Waals surface area contributed by atoms with Crippen LogP contribution in [0.5, 0.6) is 5.75 Å². The average molecular weight is 295 g/mol. The van der Waals surface area contributed by atoms with Crippen LogP contribution in [-0.2, 0) is 0 Å². The highest BCUT2D eigenvalue weighted by molar-refractivity contribution is 8.01. The molecular formula is C13H17N3OS2. The third kappa shape index (κ3) is 4.19. The van der Waals surface area contributed by atoms with Crippen LogP contribution < -0.4 is 10.1 Å². The lowest BCUT2D eigenvalue weighted by Crippen LogP contribution is -2.22. The lowest BCUT2D eigenvalue weighted by molar-refractivity contribution is 0.414. The van der Waals surface area contributed by atoms with E-state index in [4.69, 9.17) is 4.74 Å². The van der Waals surface area contributed by atoms with E-state index >= 15 is 0 Å². The van der Waals surface area contributed by atoms with Gasteiger partial charge in [-0.1, -0.05) is 42.2 Å². The van der Waals surface area contributed by atoms with Gasteiger partial charge in [-0.3, -0.25) is 0 Å². The van der Waals surface area contributed by atoms with Gasteiger partial charge in [0, 0.05) is 11.8 Å². The van der Waals surface area contributed by atoms with E-state index in [2.05, 4.69) is 34.6 Å². The molecule has 1 aromatic carbocycles. The number of methoxy groups -OCH3 is 1. The topological polar surface area (TPSA) is 47.0 Å². The van der Waals surface area contributed by atoms with Crippen LogP contribution in [0.1, 0.15) is 18.5 Å². The molecule has 0 fully saturated rings. The van der Waals surface area contributed by atoms with E-state index in [9.17, 15) is 0 Å². The SMILES string of the molecule is CCNC(CSc1nncs1)c1ccc(OC)cc1. The van der Waals surface area contributed by atoms with Gasteiger partial charge in [0.2, 0.25) is 0 Å². The molecular weight excluding hydrogens is 278 g/mol. The number of ether oxygens (including phenoxy) is 1. The monoisotopic (exact) mass is 295 g/mol. The van der Waals surface area contributed by atoms with Crippen molar-refractivity contribution in [1.82, 2.24) is 15.5 Å². The highest BCUT2D eigenvalue weighted by atomic mass is 32.2. The summed E-state index contributed by atoms with van der Waals surface area (Å²) in [5.41, 5.74) is 3.03. The van der Waals surface area contributed by atoms with Gasteiger partial charge in [-0.25, -0.2) is 0 Å². The standard InChI is InChI=1S/C13H17N3OS2/c1-3-14-12(8-18-13-16-15-9-19-13)10-4-6-11(17-2)7-5-10/h4-7,9,12,14H,3,8H2,1-2H3. The number of nitrogens with zero attached hydrogens (tertiary/aromatic N) is 2. The van der Waals surface area contributed by atoms with Crippen molar-refractivity contribution in [2.24, 2.45) is 0 Å². The summed E-state index contributed by atoms with van der Waals surface area (Å²) in [5.74, 6) is 1.82. The third-order valence-electron chi connectivity index (χ3n) is 2.68. The molecule has 2 aromatic rings. The Labute approximate surface area is 121 Å². The second-order valence-electron chi connectivity index (χ2n) is 3.90. The molecule has 1 N–H and O–H groups in total. The minimum absolute atomic E-state index is 0.310. The molecule has 1 aromatic heterocycles. The van der Waals surface area contributed by atoms with Crippen molar-refractivity contribution < 1.29 is 4.74 Å². The predicted octanol–water partition coefficient (Wildman–Crippen LogP) is 2.99. The van der Waals surface area contributed by atoms with Crippen molar-refractivity contribution >= 4 is 23.1 Å². The minimum atomic E-state index is 0.310. The Hall–Kier alpha value is -1.11. The molecule has 6 heteroatoms. The first-order chi connectivity index (χ1) is 9.33. The van der Waals surface area contributed by atoms with E-state index in [0.717, 1.165) is 22.4 Å². The van der Waals surface area contributed by atoms with Crippen molar-refractivity contribution in [1.29, 1.82) is 0 Å². The maximum Gasteiger partial charge on any atom is 0.174 e. The van der Waals surface area contributed by atoms with Gasteiger partial charge in [0.15, 0.2) is 4.34 Å². The van der Waals surface area contributed by atoms with Gasteiger partial charge < -0.3 is 10.1 Å². The zero-order valence-electron chi connectivity index (χ0n) is 11.0. The van der Waals surface area contributed by atoms with Gasteiger partial charge in [-0.2, -0.15) is 0 Å². The smallest absolute Gasteiger partial charge is 0.174 e. The molecule has 1 unspecified atom stereocenters. The second kappa shape index (κ2) is 7.47. The molecule has 0 amide bonds. The van der Waals surface area contributed by atoms with Crippen molar-refractivity contribution in [3.05, 3.63) is 35.3 Å². The van der Waals surface area contributed by atoms with Crippen LogP contribution in [0.4, 0.5) is 0 Å². The highest BCUT2D eigenvalue weighted by Crippen LogP contribution is 2.26. The maximum atomic E-state index is 5.19. The number of rotatable bonds is 7. The normalized spacial score (nSPS) is 12.3. The zero-order chi connectivity index (χ0) is 13.5. The largest absolute Gasteiger partial charge is 0.497 e. The van der Waals surface area contributed by atoms with E-state index < -0.39 is 0 Å². The fourth-order valence-electron chi connectivity index (χ4n) is 1.74. The van der Waals surface area contributed by atoms with Crippen LogP contribution in [0, 0.1) is 0 Å². The Kier molecular flexibility index (Phi) is 5.62. The highest BCUT2D eigenvalue weighted by Gasteiger charge is 2.12. The summed E-state index contributed by atoms with van der Waals surface area (Å²) in [6, 6.07) is 8.51. The molecule has 0 spiro atoms. The minimum Gasteiger partial charge on any atom is -0.497 e. The fourth-order valence-corrected chi connectivity index (χ4v) is 3.34. The molecule has 0 radical (unpaired) electrons. The first kappa shape index (κ1) is 14.3. The molecule has 2 rings (SSSR count). The molecule has 19 heavy (non-hydrogen) atoms. The van der Waals surface area contributed by atoms with Crippen LogP contribution in [0.3, 0.4) is 0 Å². The molecule has 102 valence electrons. The number of hydrogen-bond donors (Lipinski definition) is 1. The summed E-state index contributed by atoms with van der Waals surface area (Å²) in [6.07, 6.45) is 0. The number of nitrogens with one attached hydrogen (secondary N) is 1. The molecule has 1 atom stereocenters. The number of benzene rings is 1. The van der Waals surface area contributed by atoms with Gasteiger partial charge in [-0.15, -0.1) is 10.2 Å². The van der Waals surface area contributed by atoms with Gasteiger partial charge in [0.25, 0.3) is 0 Å². The average Bonchev–Trinajstić information content (AvgIpc) is 2.97. The lowest BCUT2D eigenvalue weighted by Gasteiger charge is -2.17. The molecule has 0 saturated carbocycles. The Morgan fingerprint density at radius 1 is 1.37 bits per heavy atom. The van der Waals surface area contributed by atoms with E-state index in [1.807, 2.05) is 12.1 Å². The summed E-state index contributed by atoms with van der Waals surface area (Å²) in [4.78, 5) is 0. The summed E-state index contributed by atoms with van der Waals surface area (Å²) in [6.45, 7) is 3.06. The van der Waals surface area contributed by atoms with Gasteiger partial charge in [0.1, 0.15) is 11.3 Å². The van der Waals surface area contributed by atoms with Crippen LogP contribution in [0.15, 0.2) is 34.1 Å². The van der Waals surface area contributed by atoms with Gasteiger partial charge in [0.05, 0.1) is 7.11 Å². The zero-order valence-corrected chi connectivity index (χ0v) is 12.6. The third-order valence-corrected chi connectivity index (χ3v) is 4.64. The number of hydrogen-bond acceptors (Lipinski definition) is 6. The van der Waals surface area contributed by atoms with Crippen LogP contribution in [0.2, 0.25) is 0 Å². The first-order valence-corrected chi connectivity index (χ1v) is 7.96. The number of thioether (sulfide) groups is 1. The quantitative estimate of drug-likeness (QED) is 0.796. The van der Waals surface area contributed by atoms with E-state index in [-0.39, 0.29) is 0 Å². The summed E-state index contributed by atoms with van der Waals surface area (Å²) >= 11 is 3.31. The van der Waals surface area contributed by atoms with Crippen LogP contribution in [0.25, 0.3) is 0 Å². The maximum absolute atomic E-state index is 5.19. The molecule has 0 aliphatic rings. The predicted molar refractivity (Wildman–Crippen MR) is 80.0 cm³/mol.